The molecule has 0 saturated heterocycles. The number of nitrogens with one attached hydrogen (secondary N) is 1. The second kappa shape index (κ2) is 8.70. The Labute approximate surface area is 148 Å². The third-order valence-electron chi connectivity index (χ3n) is 4.09. The normalized spacial score (nSPS) is 12.4. The standard InChI is InChI=1S/C20H27NO4/c1-13(2)5-7-15(4)21-19(22)12-25-20(23)10-16-11-24-18-9-14(3)6-8-17(16)18/h6,8-9,11,13,15H,5,7,10,12H2,1-4H3,(H,21,22)/t15-/m1/s1. The van der Waals surface area contributed by atoms with Crippen molar-refractivity contribution in [3.63, 3.8) is 0 Å². The maximum atomic E-state index is 12.0. The maximum Gasteiger partial charge on any atom is 0.310 e. The second-order valence-corrected chi connectivity index (χ2v) is 7.04. The van der Waals surface area contributed by atoms with Gasteiger partial charge in [-0.15, -0.1) is 0 Å². The van der Waals surface area contributed by atoms with E-state index in [9.17, 15) is 9.59 Å². The van der Waals surface area contributed by atoms with E-state index in [0.717, 1.165) is 34.9 Å². The van der Waals surface area contributed by atoms with Gasteiger partial charge in [-0.3, -0.25) is 9.59 Å². The zero-order chi connectivity index (χ0) is 18.4. The summed E-state index contributed by atoms with van der Waals surface area (Å²) in [6.07, 6.45) is 3.62. The van der Waals surface area contributed by atoms with Crippen LogP contribution in [0.3, 0.4) is 0 Å². The lowest BCUT2D eigenvalue weighted by atomic mass is 10.0. The molecule has 1 amide bonds. The van der Waals surface area contributed by atoms with Crippen molar-refractivity contribution in [3.05, 3.63) is 35.6 Å². The highest BCUT2D eigenvalue weighted by molar-refractivity contribution is 5.87. The number of carbonyl (C=O) groups excluding carboxylic acids is 2. The van der Waals surface area contributed by atoms with Crippen LogP contribution in [0, 0.1) is 12.8 Å². The number of furan rings is 1. The molecule has 1 aromatic heterocycles. The van der Waals surface area contributed by atoms with Crippen LogP contribution >= 0.6 is 0 Å². The van der Waals surface area contributed by atoms with Gasteiger partial charge in [0.2, 0.25) is 0 Å². The fourth-order valence-electron chi connectivity index (χ4n) is 2.65. The van der Waals surface area contributed by atoms with Crippen LogP contribution in [-0.4, -0.2) is 24.5 Å². The minimum absolute atomic E-state index is 0.0784. The Hall–Kier alpha value is -2.30. The van der Waals surface area contributed by atoms with Crippen molar-refractivity contribution in [2.24, 2.45) is 5.92 Å². The SMILES string of the molecule is Cc1ccc2c(CC(=O)OCC(=O)N[C@H](C)CCC(C)C)coc2c1. The second-order valence-electron chi connectivity index (χ2n) is 7.04. The van der Waals surface area contributed by atoms with E-state index in [4.69, 9.17) is 9.15 Å². The van der Waals surface area contributed by atoms with Crippen molar-refractivity contribution >= 4 is 22.8 Å². The molecule has 0 aliphatic carbocycles. The van der Waals surface area contributed by atoms with Gasteiger partial charge in [-0.25, -0.2) is 0 Å². The van der Waals surface area contributed by atoms with Crippen LogP contribution in [0.1, 0.15) is 44.7 Å². The monoisotopic (exact) mass is 345 g/mol. The summed E-state index contributed by atoms with van der Waals surface area (Å²) in [5, 5.41) is 3.75. The average molecular weight is 345 g/mol. The maximum absolute atomic E-state index is 12.0. The van der Waals surface area contributed by atoms with Crippen LogP contribution in [0.15, 0.2) is 28.9 Å². The first-order chi connectivity index (χ1) is 11.8. The summed E-state index contributed by atoms with van der Waals surface area (Å²) >= 11 is 0. The average Bonchev–Trinajstić information content (AvgIpc) is 2.93. The van der Waals surface area contributed by atoms with Crippen LogP contribution in [0.4, 0.5) is 0 Å². The Morgan fingerprint density at radius 1 is 1.20 bits per heavy atom. The molecule has 0 radical (unpaired) electrons. The molecule has 1 heterocycles. The molecule has 136 valence electrons. The van der Waals surface area contributed by atoms with Gasteiger partial charge >= 0.3 is 5.97 Å². The minimum atomic E-state index is -0.437. The number of aryl methyl sites for hydroxylation is 1. The number of fused-ring (bicyclic) bond motifs is 1. The van der Waals surface area contributed by atoms with Crippen LogP contribution in [0.5, 0.6) is 0 Å². The third-order valence-corrected chi connectivity index (χ3v) is 4.09. The van der Waals surface area contributed by atoms with Crippen LogP contribution in [0.2, 0.25) is 0 Å². The molecular formula is C20H27NO4. The summed E-state index contributed by atoms with van der Waals surface area (Å²) in [5.41, 5.74) is 2.62. The number of esters is 1. The largest absolute Gasteiger partial charge is 0.464 e. The molecule has 1 aromatic carbocycles. The Kier molecular flexibility index (Phi) is 6.62. The van der Waals surface area contributed by atoms with Gasteiger partial charge in [0.15, 0.2) is 6.61 Å². The van der Waals surface area contributed by atoms with Gasteiger partial charge in [0.05, 0.1) is 12.7 Å². The molecule has 0 spiro atoms. The number of hydrogen-bond acceptors (Lipinski definition) is 4. The van der Waals surface area contributed by atoms with E-state index in [-0.39, 0.29) is 25.0 Å². The third kappa shape index (κ3) is 5.93. The van der Waals surface area contributed by atoms with Gasteiger partial charge in [-0.1, -0.05) is 26.0 Å². The van der Waals surface area contributed by atoms with Crippen molar-refractivity contribution < 1.29 is 18.7 Å². The smallest absolute Gasteiger partial charge is 0.310 e. The van der Waals surface area contributed by atoms with Gasteiger partial charge in [0, 0.05) is 17.0 Å². The van der Waals surface area contributed by atoms with Gasteiger partial charge in [0.1, 0.15) is 5.58 Å². The molecule has 0 bridgehead atoms. The zero-order valence-corrected chi connectivity index (χ0v) is 15.4. The molecule has 0 aliphatic rings. The number of carbonyl (C=O) groups is 2. The Balaban J connectivity index is 1.79. The predicted octanol–water partition coefficient (Wildman–Crippen LogP) is 3.77. The van der Waals surface area contributed by atoms with Gasteiger partial charge in [-0.2, -0.15) is 0 Å². The highest BCUT2D eigenvalue weighted by atomic mass is 16.5. The van der Waals surface area contributed by atoms with Gasteiger partial charge in [0.25, 0.3) is 5.91 Å². The number of rotatable bonds is 8. The van der Waals surface area contributed by atoms with Crippen molar-refractivity contribution in [2.75, 3.05) is 6.61 Å². The molecule has 25 heavy (non-hydrogen) atoms. The van der Waals surface area contributed by atoms with Crippen molar-refractivity contribution in [3.8, 4) is 0 Å². The quantitative estimate of drug-likeness (QED) is 0.740. The molecule has 0 saturated carbocycles. The summed E-state index contributed by atoms with van der Waals surface area (Å²) in [6.45, 7) is 7.99. The van der Waals surface area contributed by atoms with E-state index < -0.39 is 5.97 Å². The fourth-order valence-corrected chi connectivity index (χ4v) is 2.65. The first-order valence-corrected chi connectivity index (χ1v) is 8.77. The molecule has 5 heteroatoms. The topological polar surface area (TPSA) is 68.5 Å². The lowest BCUT2D eigenvalue weighted by Crippen LogP contribution is -2.36. The Morgan fingerprint density at radius 2 is 1.96 bits per heavy atom. The summed E-state index contributed by atoms with van der Waals surface area (Å²) < 4.78 is 10.6. The first-order valence-electron chi connectivity index (χ1n) is 8.77. The number of ether oxygens (including phenoxy) is 1. The molecule has 0 fully saturated rings. The van der Waals surface area contributed by atoms with E-state index >= 15 is 0 Å². The van der Waals surface area contributed by atoms with Crippen LogP contribution in [-0.2, 0) is 20.7 Å². The molecule has 0 aliphatic heterocycles. The van der Waals surface area contributed by atoms with Crippen molar-refractivity contribution in [1.82, 2.24) is 5.32 Å². The lowest BCUT2D eigenvalue weighted by Gasteiger charge is -2.15. The summed E-state index contributed by atoms with van der Waals surface area (Å²) in [4.78, 5) is 23.8. The first kappa shape index (κ1) is 19.0. The van der Waals surface area contributed by atoms with E-state index in [1.165, 1.54) is 0 Å². The molecule has 2 aromatic rings. The van der Waals surface area contributed by atoms with Crippen molar-refractivity contribution in [2.45, 2.75) is 53.0 Å². The van der Waals surface area contributed by atoms with Crippen LogP contribution in [0.25, 0.3) is 11.0 Å². The number of amides is 1. The van der Waals surface area contributed by atoms with Crippen LogP contribution < -0.4 is 5.32 Å². The zero-order valence-electron chi connectivity index (χ0n) is 15.4. The number of benzene rings is 1. The molecule has 1 N–H and O–H groups in total. The van der Waals surface area contributed by atoms with Crippen molar-refractivity contribution in [1.29, 1.82) is 0 Å². The summed E-state index contributed by atoms with van der Waals surface area (Å²) in [7, 11) is 0. The summed E-state index contributed by atoms with van der Waals surface area (Å²) in [6, 6.07) is 5.91. The van der Waals surface area contributed by atoms with E-state index in [0.29, 0.717) is 5.92 Å². The fraction of sp³-hybridized carbons (Fsp3) is 0.500. The summed E-state index contributed by atoms with van der Waals surface area (Å²) in [5.74, 6) is -0.101. The lowest BCUT2D eigenvalue weighted by molar-refractivity contribution is -0.148. The molecule has 2 rings (SSSR count). The van der Waals surface area contributed by atoms with E-state index in [1.54, 1.807) is 6.26 Å². The van der Waals surface area contributed by atoms with E-state index in [1.807, 2.05) is 32.0 Å². The molecule has 5 nitrogen and oxygen atoms in total. The highest BCUT2D eigenvalue weighted by Gasteiger charge is 2.14. The highest BCUT2D eigenvalue weighted by Crippen LogP contribution is 2.22. The van der Waals surface area contributed by atoms with Gasteiger partial charge in [-0.05, 0) is 44.2 Å². The number of hydrogen-bond donors (Lipinski definition) is 1. The molecular weight excluding hydrogens is 318 g/mol. The Bertz CT molecular complexity index is 732. The van der Waals surface area contributed by atoms with E-state index in [2.05, 4.69) is 19.2 Å². The molecule has 0 unspecified atom stereocenters. The predicted molar refractivity (Wildman–Crippen MR) is 97.3 cm³/mol. The minimum Gasteiger partial charge on any atom is -0.464 e. The Morgan fingerprint density at radius 3 is 2.68 bits per heavy atom. The molecule has 1 atom stereocenters. The van der Waals surface area contributed by atoms with Gasteiger partial charge < -0.3 is 14.5 Å².